The van der Waals surface area contributed by atoms with Crippen molar-refractivity contribution in [3.8, 4) is 0 Å². The lowest BCUT2D eigenvalue weighted by Gasteiger charge is -2.35. The number of hydrogen-bond acceptors (Lipinski definition) is 3. The van der Waals surface area contributed by atoms with Crippen LogP contribution in [-0.2, 0) is 0 Å². The number of carbonyl (C=O) groups excluding carboxylic acids is 1. The summed E-state index contributed by atoms with van der Waals surface area (Å²) in [5.74, 6) is 0. The van der Waals surface area contributed by atoms with Crippen LogP contribution in [0, 0.1) is 0 Å². The maximum absolute atomic E-state index is 11.6. The van der Waals surface area contributed by atoms with E-state index in [1.54, 1.807) is 11.0 Å². The number of amides is 2. The Balaban J connectivity index is 2.25. The second-order valence-corrected chi connectivity index (χ2v) is 4.32. The highest BCUT2D eigenvalue weighted by molar-refractivity contribution is 5.74. The maximum atomic E-state index is 11.6. The number of aliphatic hydroxyl groups is 1. The number of rotatable bonds is 5. The van der Waals surface area contributed by atoms with E-state index in [1.807, 2.05) is 6.92 Å². The summed E-state index contributed by atoms with van der Waals surface area (Å²) in [5, 5.41) is 12.3. The smallest absolute Gasteiger partial charge is 0.317 e. The van der Waals surface area contributed by atoms with Crippen LogP contribution in [-0.4, -0.2) is 66.3 Å². The van der Waals surface area contributed by atoms with Crippen molar-refractivity contribution in [1.29, 1.82) is 0 Å². The van der Waals surface area contributed by atoms with Crippen molar-refractivity contribution in [2.45, 2.75) is 19.4 Å². The Morgan fingerprint density at radius 2 is 2.12 bits per heavy atom. The Hall–Kier alpha value is -1.07. The molecule has 0 aromatic carbocycles. The van der Waals surface area contributed by atoms with Crippen molar-refractivity contribution in [3.05, 3.63) is 12.7 Å². The molecule has 0 aliphatic carbocycles. The number of aliphatic hydroxyl groups excluding tert-OH is 1. The Bertz CT molecular complexity index is 250. The van der Waals surface area contributed by atoms with Gasteiger partial charge < -0.3 is 15.3 Å². The number of urea groups is 1. The molecule has 0 bridgehead atoms. The molecular formula is C12H23N3O2. The molecule has 0 saturated carbocycles. The van der Waals surface area contributed by atoms with E-state index in [0.29, 0.717) is 13.1 Å². The number of hydrogen-bond donors (Lipinski definition) is 2. The van der Waals surface area contributed by atoms with Crippen molar-refractivity contribution < 1.29 is 9.90 Å². The molecule has 0 spiro atoms. The molecule has 1 heterocycles. The Labute approximate surface area is 103 Å². The third-order valence-corrected chi connectivity index (χ3v) is 3.00. The minimum atomic E-state index is -0.254. The van der Waals surface area contributed by atoms with Gasteiger partial charge in [0, 0.05) is 39.3 Å². The number of carbonyl (C=O) groups is 1. The van der Waals surface area contributed by atoms with Crippen LogP contribution in [0.15, 0.2) is 12.7 Å². The van der Waals surface area contributed by atoms with Gasteiger partial charge in [-0.15, -0.1) is 6.58 Å². The van der Waals surface area contributed by atoms with Gasteiger partial charge in [-0.25, -0.2) is 4.79 Å². The molecule has 17 heavy (non-hydrogen) atoms. The van der Waals surface area contributed by atoms with E-state index in [-0.39, 0.29) is 12.1 Å². The average molecular weight is 241 g/mol. The fourth-order valence-electron chi connectivity index (χ4n) is 1.83. The monoisotopic (exact) mass is 241 g/mol. The van der Waals surface area contributed by atoms with Gasteiger partial charge in [-0.2, -0.15) is 0 Å². The van der Waals surface area contributed by atoms with Crippen LogP contribution in [0.3, 0.4) is 0 Å². The molecule has 2 N–H and O–H groups in total. The van der Waals surface area contributed by atoms with Gasteiger partial charge in [0.15, 0.2) is 0 Å². The molecule has 5 nitrogen and oxygen atoms in total. The van der Waals surface area contributed by atoms with E-state index in [1.165, 1.54) is 0 Å². The lowest BCUT2D eigenvalue weighted by atomic mass is 10.2. The fraction of sp³-hybridized carbons (Fsp3) is 0.750. The molecule has 1 rings (SSSR count). The minimum Gasteiger partial charge on any atom is -0.392 e. The molecule has 1 fully saturated rings. The van der Waals surface area contributed by atoms with Crippen molar-refractivity contribution >= 4 is 6.03 Å². The molecule has 0 unspecified atom stereocenters. The van der Waals surface area contributed by atoms with E-state index in [0.717, 1.165) is 32.6 Å². The average Bonchev–Trinajstić information content (AvgIpc) is 2.36. The lowest BCUT2D eigenvalue weighted by Crippen LogP contribution is -2.52. The number of piperazine rings is 1. The molecule has 1 saturated heterocycles. The van der Waals surface area contributed by atoms with Gasteiger partial charge in [0.2, 0.25) is 0 Å². The first-order valence-electron chi connectivity index (χ1n) is 6.21. The molecule has 0 aromatic heterocycles. The molecule has 2 amide bonds. The normalized spacial score (nSPS) is 18.8. The van der Waals surface area contributed by atoms with Crippen LogP contribution >= 0.6 is 0 Å². The summed E-state index contributed by atoms with van der Waals surface area (Å²) in [7, 11) is 0. The van der Waals surface area contributed by atoms with Crippen molar-refractivity contribution in [1.82, 2.24) is 15.1 Å². The molecular weight excluding hydrogens is 218 g/mol. The molecule has 0 radical (unpaired) electrons. The SMILES string of the molecule is C=CCNC(=O)N1CCN(C[C@@H](O)CC)CC1. The van der Waals surface area contributed by atoms with Gasteiger partial charge in [-0.1, -0.05) is 13.0 Å². The Morgan fingerprint density at radius 1 is 1.47 bits per heavy atom. The molecule has 1 aliphatic rings. The highest BCUT2D eigenvalue weighted by Crippen LogP contribution is 2.04. The molecule has 1 aliphatic heterocycles. The second-order valence-electron chi connectivity index (χ2n) is 4.32. The predicted octanol–water partition coefficient (Wildman–Crippen LogP) is 0.270. The Morgan fingerprint density at radius 3 is 2.65 bits per heavy atom. The van der Waals surface area contributed by atoms with E-state index in [4.69, 9.17) is 0 Å². The van der Waals surface area contributed by atoms with Crippen LogP contribution in [0.2, 0.25) is 0 Å². The van der Waals surface area contributed by atoms with E-state index in [2.05, 4.69) is 16.8 Å². The van der Waals surface area contributed by atoms with Crippen LogP contribution in [0.25, 0.3) is 0 Å². The van der Waals surface area contributed by atoms with Gasteiger partial charge in [0.25, 0.3) is 0 Å². The molecule has 98 valence electrons. The zero-order chi connectivity index (χ0) is 12.7. The van der Waals surface area contributed by atoms with Crippen LogP contribution < -0.4 is 5.32 Å². The van der Waals surface area contributed by atoms with Gasteiger partial charge >= 0.3 is 6.03 Å². The number of nitrogens with one attached hydrogen (secondary N) is 1. The summed E-state index contributed by atoms with van der Waals surface area (Å²) >= 11 is 0. The lowest BCUT2D eigenvalue weighted by molar-refractivity contribution is 0.0793. The van der Waals surface area contributed by atoms with Crippen molar-refractivity contribution in [2.75, 3.05) is 39.3 Å². The van der Waals surface area contributed by atoms with Gasteiger partial charge in [0.1, 0.15) is 0 Å². The highest BCUT2D eigenvalue weighted by atomic mass is 16.3. The number of β-amino-alcohol motifs (C(OH)–C–C–N with tert-alkyl or cyclic N) is 1. The third-order valence-electron chi connectivity index (χ3n) is 3.00. The summed E-state index contributed by atoms with van der Waals surface area (Å²) in [6.07, 6.45) is 2.20. The topological polar surface area (TPSA) is 55.8 Å². The quantitative estimate of drug-likeness (QED) is 0.679. The summed E-state index contributed by atoms with van der Waals surface area (Å²) in [4.78, 5) is 15.6. The molecule has 0 aromatic rings. The maximum Gasteiger partial charge on any atom is 0.317 e. The predicted molar refractivity (Wildman–Crippen MR) is 67.9 cm³/mol. The standard InChI is InChI=1S/C12H23N3O2/c1-3-5-13-12(17)15-8-6-14(7-9-15)10-11(16)4-2/h3,11,16H,1,4-10H2,2H3,(H,13,17)/t11-/m0/s1. The first-order valence-corrected chi connectivity index (χ1v) is 6.21. The van der Waals surface area contributed by atoms with Crippen LogP contribution in [0.1, 0.15) is 13.3 Å². The minimum absolute atomic E-state index is 0.0272. The van der Waals surface area contributed by atoms with Crippen molar-refractivity contribution in [2.24, 2.45) is 0 Å². The summed E-state index contributed by atoms with van der Waals surface area (Å²) in [6, 6.07) is -0.0272. The largest absolute Gasteiger partial charge is 0.392 e. The first-order chi connectivity index (χ1) is 8.17. The zero-order valence-electron chi connectivity index (χ0n) is 10.6. The van der Waals surface area contributed by atoms with E-state index >= 15 is 0 Å². The Kier molecular flexibility index (Phi) is 6.00. The molecule has 5 heteroatoms. The van der Waals surface area contributed by atoms with E-state index < -0.39 is 0 Å². The van der Waals surface area contributed by atoms with Crippen molar-refractivity contribution in [3.63, 3.8) is 0 Å². The van der Waals surface area contributed by atoms with Crippen LogP contribution in [0.4, 0.5) is 4.79 Å². The summed E-state index contributed by atoms with van der Waals surface area (Å²) in [5.41, 5.74) is 0. The summed E-state index contributed by atoms with van der Waals surface area (Å²) < 4.78 is 0. The number of nitrogens with zero attached hydrogens (tertiary/aromatic N) is 2. The van der Waals surface area contributed by atoms with Gasteiger partial charge in [0.05, 0.1) is 6.10 Å². The summed E-state index contributed by atoms with van der Waals surface area (Å²) in [6.45, 7) is 9.86. The van der Waals surface area contributed by atoms with Gasteiger partial charge in [-0.05, 0) is 6.42 Å². The fourth-order valence-corrected chi connectivity index (χ4v) is 1.83. The van der Waals surface area contributed by atoms with Gasteiger partial charge in [-0.3, -0.25) is 4.90 Å². The zero-order valence-corrected chi connectivity index (χ0v) is 10.6. The van der Waals surface area contributed by atoms with Crippen LogP contribution in [0.5, 0.6) is 0 Å². The third kappa shape index (κ3) is 4.75. The second kappa shape index (κ2) is 7.29. The highest BCUT2D eigenvalue weighted by Gasteiger charge is 2.21. The first kappa shape index (κ1) is 14.0. The van der Waals surface area contributed by atoms with E-state index in [9.17, 15) is 9.90 Å². The molecule has 1 atom stereocenters.